The fourth-order valence-corrected chi connectivity index (χ4v) is 4.05. The predicted octanol–water partition coefficient (Wildman–Crippen LogP) is 2.53. The van der Waals surface area contributed by atoms with Crippen LogP contribution in [-0.2, 0) is 5.54 Å². The average Bonchev–Trinajstić information content (AvgIpc) is 3.09. The van der Waals surface area contributed by atoms with Crippen LogP contribution in [0.3, 0.4) is 0 Å². The van der Waals surface area contributed by atoms with Gasteiger partial charge in [-0.2, -0.15) is 0 Å². The summed E-state index contributed by atoms with van der Waals surface area (Å²) >= 11 is 0. The van der Waals surface area contributed by atoms with Gasteiger partial charge in [0.2, 0.25) is 0 Å². The Bertz CT molecular complexity index is 1110. The number of aromatic nitrogens is 2. The van der Waals surface area contributed by atoms with Crippen LogP contribution in [0.25, 0.3) is 11.1 Å². The van der Waals surface area contributed by atoms with E-state index in [1.54, 1.807) is 24.5 Å². The van der Waals surface area contributed by atoms with Gasteiger partial charge in [-0.25, -0.2) is 15.0 Å². The minimum atomic E-state index is -0.857. The van der Waals surface area contributed by atoms with E-state index in [9.17, 15) is 5.11 Å². The number of phenols is 1. The number of benzene rings is 2. The van der Waals surface area contributed by atoms with Gasteiger partial charge in [0, 0.05) is 31.0 Å². The number of nitrogens with two attached hydrogens (primary N) is 1. The second-order valence-electron chi connectivity index (χ2n) is 7.15. The fourth-order valence-electron chi connectivity index (χ4n) is 4.05. The number of hydrogen-bond acceptors (Lipinski definition) is 7. The fraction of sp³-hybridized carbons (Fsp3) is 0.182. The highest BCUT2D eigenvalue weighted by Crippen LogP contribution is 2.42. The lowest BCUT2D eigenvalue weighted by Crippen LogP contribution is -2.46. The molecule has 29 heavy (non-hydrogen) atoms. The lowest BCUT2D eigenvalue weighted by molar-refractivity contribution is 0.474. The highest BCUT2D eigenvalue weighted by atomic mass is 16.3. The molecule has 0 spiro atoms. The summed E-state index contributed by atoms with van der Waals surface area (Å²) in [6.07, 6.45) is 6.03. The van der Waals surface area contributed by atoms with Crippen molar-refractivity contribution in [3.05, 3.63) is 78.4 Å². The van der Waals surface area contributed by atoms with Crippen LogP contribution in [0.1, 0.15) is 17.5 Å². The molecular weight excluding hydrogens is 364 g/mol. The topological polar surface area (TPSA) is 100.0 Å². The molecule has 2 aromatic carbocycles. The zero-order chi connectivity index (χ0) is 19.8. The minimum absolute atomic E-state index is 0.205. The van der Waals surface area contributed by atoms with Gasteiger partial charge in [-0.3, -0.25) is 9.89 Å². The van der Waals surface area contributed by atoms with Crippen molar-refractivity contribution >= 4 is 11.8 Å². The van der Waals surface area contributed by atoms with E-state index in [-0.39, 0.29) is 5.75 Å². The third-order valence-electron chi connectivity index (χ3n) is 5.40. The third-order valence-corrected chi connectivity index (χ3v) is 5.40. The van der Waals surface area contributed by atoms with Crippen molar-refractivity contribution < 1.29 is 5.11 Å². The Labute approximate surface area is 168 Å². The van der Waals surface area contributed by atoms with Crippen LogP contribution in [0, 0.1) is 0 Å². The molecule has 1 aromatic heterocycles. The van der Waals surface area contributed by atoms with E-state index in [0.717, 1.165) is 47.6 Å². The van der Waals surface area contributed by atoms with Gasteiger partial charge >= 0.3 is 0 Å². The van der Waals surface area contributed by atoms with E-state index in [2.05, 4.69) is 16.0 Å². The van der Waals surface area contributed by atoms with Gasteiger partial charge in [0.25, 0.3) is 0 Å². The van der Waals surface area contributed by atoms with E-state index < -0.39 is 5.54 Å². The SMILES string of the molecule is NC1=NC(c2ccc(O)cc2)(c2cccc(-c3cncnc3)c2)C2=NCCCN12. The second-order valence-corrected chi connectivity index (χ2v) is 7.15. The van der Waals surface area contributed by atoms with E-state index in [1.165, 1.54) is 6.33 Å². The van der Waals surface area contributed by atoms with Crippen LogP contribution in [0.4, 0.5) is 0 Å². The van der Waals surface area contributed by atoms with Crippen molar-refractivity contribution in [1.29, 1.82) is 0 Å². The van der Waals surface area contributed by atoms with Gasteiger partial charge < -0.3 is 10.8 Å². The molecule has 1 unspecified atom stereocenters. The Hall–Kier alpha value is -3.74. The van der Waals surface area contributed by atoms with Crippen molar-refractivity contribution in [2.45, 2.75) is 12.0 Å². The summed E-state index contributed by atoms with van der Waals surface area (Å²) in [6.45, 7) is 1.53. The van der Waals surface area contributed by atoms with Gasteiger partial charge in [0.15, 0.2) is 11.5 Å². The summed E-state index contributed by atoms with van der Waals surface area (Å²) in [7, 11) is 0. The first-order valence-electron chi connectivity index (χ1n) is 9.52. The largest absolute Gasteiger partial charge is 0.508 e. The standard InChI is InChI=1S/C22H20N6O/c23-21-27-22(17-5-7-19(29)8-6-17,20-26-9-2-10-28(20)21)18-4-1-3-15(11-18)16-12-24-14-25-13-16/h1,3-8,11-14,29H,2,9-10H2,(H2,23,27). The molecule has 0 saturated carbocycles. The van der Waals surface area contributed by atoms with Gasteiger partial charge in [0.1, 0.15) is 17.9 Å². The summed E-state index contributed by atoms with van der Waals surface area (Å²) in [5.41, 5.74) is 9.26. The maximum atomic E-state index is 9.82. The summed E-state index contributed by atoms with van der Waals surface area (Å²) in [5, 5.41) is 9.82. The van der Waals surface area contributed by atoms with Crippen LogP contribution in [0.5, 0.6) is 5.75 Å². The molecule has 3 N–H and O–H groups in total. The van der Waals surface area contributed by atoms with Crippen molar-refractivity contribution in [2.75, 3.05) is 13.1 Å². The molecule has 7 nitrogen and oxygen atoms in total. The van der Waals surface area contributed by atoms with Crippen LogP contribution in [0.2, 0.25) is 0 Å². The lowest BCUT2D eigenvalue weighted by atomic mass is 9.81. The van der Waals surface area contributed by atoms with Crippen molar-refractivity contribution in [3.8, 4) is 16.9 Å². The number of hydrogen-bond donors (Lipinski definition) is 2. The lowest BCUT2D eigenvalue weighted by Gasteiger charge is -2.33. The highest BCUT2D eigenvalue weighted by Gasteiger charge is 2.49. The molecule has 2 aliphatic rings. The number of nitrogens with zero attached hydrogens (tertiary/aromatic N) is 5. The molecule has 144 valence electrons. The third kappa shape index (κ3) is 2.74. The van der Waals surface area contributed by atoms with Crippen LogP contribution in [-0.4, -0.2) is 44.9 Å². The highest BCUT2D eigenvalue weighted by molar-refractivity contribution is 6.12. The van der Waals surface area contributed by atoms with Crippen molar-refractivity contribution in [1.82, 2.24) is 14.9 Å². The minimum Gasteiger partial charge on any atom is -0.508 e. The summed E-state index contributed by atoms with van der Waals surface area (Å²) in [6, 6.07) is 15.2. The van der Waals surface area contributed by atoms with Gasteiger partial charge in [-0.05, 0) is 41.3 Å². The molecule has 2 aliphatic heterocycles. The first-order valence-corrected chi connectivity index (χ1v) is 9.52. The average molecular weight is 384 g/mol. The Morgan fingerprint density at radius 3 is 2.55 bits per heavy atom. The first kappa shape index (κ1) is 17.4. The van der Waals surface area contributed by atoms with Crippen molar-refractivity contribution in [3.63, 3.8) is 0 Å². The zero-order valence-electron chi connectivity index (χ0n) is 15.7. The number of amidine groups is 1. The van der Waals surface area contributed by atoms with E-state index in [1.807, 2.05) is 35.2 Å². The van der Waals surface area contributed by atoms with Crippen LogP contribution in [0.15, 0.2) is 77.2 Å². The Morgan fingerprint density at radius 1 is 0.966 bits per heavy atom. The van der Waals surface area contributed by atoms with Gasteiger partial charge in [0.05, 0.1) is 0 Å². The van der Waals surface area contributed by atoms with E-state index in [0.29, 0.717) is 5.96 Å². The zero-order valence-corrected chi connectivity index (χ0v) is 15.7. The molecule has 5 rings (SSSR count). The number of aliphatic imine (C=N–C) groups is 2. The molecule has 3 aromatic rings. The van der Waals surface area contributed by atoms with E-state index in [4.69, 9.17) is 15.7 Å². The molecule has 3 heterocycles. The molecule has 7 heteroatoms. The molecule has 0 fully saturated rings. The number of rotatable bonds is 3. The van der Waals surface area contributed by atoms with Gasteiger partial charge in [-0.1, -0.05) is 30.3 Å². The van der Waals surface area contributed by atoms with Crippen molar-refractivity contribution in [2.24, 2.45) is 15.7 Å². The number of phenolic OH excluding ortho intramolecular Hbond substituents is 1. The number of aromatic hydroxyl groups is 1. The molecular formula is C22H20N6O. The summed E-state index contributed by atoms with van der Waals surface area (Å²) in [4.78, 5) is 20.0. The Morgan fingerprint density at radius 2 is 1.76 bits per heavy atom. The van der Waals surface area contributed by atoms with Crippen LogP contribution >= 0.6 is 0 Å². The maximum absolute atomic E-state index is 9.82. The molecule has 0 amide bonds. The summed E-state index contributed by atoms with van der Waals surface area (Å²) < 4.78 is 0. The molecule has 1 atom stereocenters. The number of guanidine groups is 1. The normalized spacial score (nSPS) is 20.8. The molecule has 0 aliphatic carbocycles. The molecule has 0 bridgehead atoms. The molecule has 0 saturated heterocycles. The quantitative estimate of drug-likeness (QED) is 0.723. The monoisotopic (exact) mass is 384 g/mol. The van der Waals surface area contributed by atoms with Crippen LogP contribution < -0.4 is 5.73 Å². The predicted molar refractivity (Wildman–Crippen MR) is 112 cm³/mol. The Kier molecular flexibility index (Phi) is 4.01. The number of fused-ring (bicyclic) bond motifs is 1. The second kappa shape index (κ2) is 6.70. The Balaban J connectivity index is 1.75. The van der Waals surface area contributed by atoms with E-state index >= 15 is 0 Å². The molecule has 0 radical (unpaired) electrons. The van der Waals surface area contributed by atoms with Gasteiger partial charge in [-0.15, -0.1) is 0 Å². The maximum Gasteiger partial charge on any atom is 0.198 e. The summed E-state index contributed by atoms with van der Waals surface area (Å²) in [5.74, 6) is 1.50. The smallest absolute Gasteiger partial charge is 0.198 e. The first-order chi connectivity index (χ1) is 14.2.